The van der Waals surface area contributed by atoms with E-state index in [1.807, 2.05) is 32.0 Å². The van der Waals surface area contributed by atoms with E-state index in [9.17, 15) is 4.79 Å². The molecule has 0 radical (unpaired) electrons. The van der Waals surface area contributed by atoms with Crippen LogP contribution in [-0.2, 0) is 11.2 Å². The maximum absolute atomic E-state index is 11.9. The summed E-state index contributed by atoms with van der Waals surface area (Å²) in [5.74, 6) is 0.379. The van der Waals surface area contributed by atoms with Crippen LogP contribution in [0.4, 0.5) is 0 Å². The highest BCUT2D eigenvalue weighted by molar-refractivity contribution is 7.14. The third kappa shape index (κ3) is 4.48. The molecule has 0 amide bonds. The van der Waals surface area contributed by atoms with Crippen molar-refractivity contribution in [3.8, 4) is 10.7 Å². The van der Waals surface area contributed by atoms with Gasteiger partial charge >= 0.3 is 5.97 Å². The van der Waals surface area contributed by atoms with Gasteiger partial charge in [0.25, 0.3) is 0 Å². The quantitative estimate of drug-likeness (QED) is 0.471. The van der Waals surface area contributed by atoms with Gasteiger partial charge in [-0.05, 0) is 18.6 Å². The van der Waals surface area contributed by atoms with Crippen LogP contribution in [0.2, 0.25) is 0 Å². The molecule has 8 heteroatoms. The summed E-state index contributed by atoms with van der Waals surface area (Å²) in [6.45, 7) is 4.23. The van der Waals surface area contributed by atoms with E-state index in [1.165, 1.54) is 11.3 Å². The van der Waals surface area contributed by atoms with Crippen LogP contribution in [0.1, 0.15) is 47.4 Å². The SMILES string of the molecule is CC(C)c1cc(C(=O)OCCCc2nnc(-c3ccccn3)s2)no1. The fraction of sp³-hybridized carbons (Fsp3) is 0.353. The second kappa shape index (κ2) is 7.98. The Labute approximate surface area is 149 Å². The summed E-state index contributed by atoms with van der Waals surface area (Å²) in [5.41, 5.74) is 1.02. The van der Waals surface area contributed by atoms with Gasteiger partial charge in [-0.1, -0.05) is 36.4 Å². The number of carbonyl (C=O) groups excluding carboxylic acids is 1. The van der Waals surface area contributed by atoms with Gasteiger partial charge in [0, 0.05) is 24.6 Å². The highest BCUT2D eigenvalue weighted by atomic mass is 32.1. The third-order valence-corrected chi connectivity index (χ3v) is 4.43. The molecular weight excluding hydrogens is 340 g/mol. The van der Waals surface area contributed by atoms with Crippen LogP contribution < -0.4 is 0 Å². The minimum absolute atomic E-state index is 0.180. The number of rotatable bonds is 7. The van der Waals surface area contributed by atoms with E-state index in [-0.39, 0.29) is 11.6 Å². The number of ether oxygens (including phenoxy) is 1. The van der Waals surface area contributed by atoms with Crippen molar-refractivity contribution < 1.29 is 14.1 Å². The molecule has 25 heavy (non-hydrogen) atoms. The van der Waals surface area contributed by atoms with Gasteiger partial charge in [0.05, 0.1) is 6.61 Å². The van der Waals surface area contributed by atoms with Crippen molar-refractivity contribution in [2.45, 2.75) is 32.6 Å². The van der Waals surface area contributed by atoms with Crippen molar-refractivity contribution in [1.82, 2.24) is 20.3 Å². The Balaban J connectivity index is 1.45. The molecular formula is C17H18N4O3S. The zero-order valence-corrected chi connectivity index (χ0v) is 14.8. The predicted molar refractivity (Wildman–Crippen MR) is 92.3 cm³/mol. The number of aryl methyl sites for hydroxylation is 1. The van der Waals surface area contributed by atoms with Crippen molar-refractivity contribution in [2.24, 2.45) is 0 Å². The van der Waals surface area contributed by atoms with Crippen molar-refractivity contribution >= 4 is 17.3 Å². The first-order valence-electron chi connectivity index (χ1n) is 8.01. The minimum atomic E-state index is -0.470. The van der Waals surface area contributed by atoms with Gasteiger partial charge in [0.15, 0.2) is 10.7 Å². The van der Waals surface area contributed by atoms with Crippen molar-refractivity contribution in [2.75, 3.05) is 6.61 Å². The van der Waals surface area contributed by atoms with E-state index in [0.29, 0.717) is 25.2 Å². The van der Waals surface area contributed by atoms with E-state index in [0.717, 1.165) is 15.7 Å². The normalized spacial score (nSPS) is 11.0. The van der Waals surface area contributed by atoms with Crippen LogP contribution in [0.3, 0.4) is 0 Å². The number of hydrogen-bond donors (Lipinski definition) is 0. The van der Waals surface area contributed by atoms with Crippen molar-refractivity contribution in [3.05, 3.63) is 46.9 Å². The first kappa shape index (κ1) is 17.2. The Kier molecular flexibility index (Phi) is 5.49. The lowest BCUT2D eigenvalue weighted by Gasteiger charge is -2.00. The highest BCUT2D eigenvalue weighted by Crippen LogP contribution is 2.22. The van der Waals surface area contributed by atoms with Gasteiger partial charge in [-0.15, -0.1) is 10.2 Å². The first-order chi connectivity index (χ1) is 12.1. The summed E-state index contributed by atoms with van der Waals surface area (Å²) in [6, 6.07) is 7.29. The highest BCUT2D eigenvalue weighted by Gasteiger charge is 2.15. The second-order valence-electron chi connectivity index (χ2n) is 5.72. The van der Waals surface area contributed by atoms with Gasteiger partial charge in [0.2, 0.25) is 0 Å². The fourth-order valence-corrected chi connectivity index (χ4v) is 2.93. The summed E-state index contributed by atoms with van der Waals surface area (Å²) in [7, 11) is 0. The van der Waals surface area contributed by atoms with Gasteiger partial charge in [-0.2, -0.15) is 0 Å². The molecule has 0 fully saturated rings. The molecule has 0 aliphatic heterocycles. The maximum Gasteiger partial charge on any atom is 0.360 e. The zero-order valence-electron chi connectivity index (χ0n) is 14.0. The number of hydrogen-bond acceptors (Lipinski definition) is 8. The van der Waals surface area contributed by atoms with Crippen LogP contribution in [0.5, 0.6) is 0 Å². The molecule has 3 aromatic rings. The molecule has 0 unspecified atom stereocenters. The summed E-state index contributed by atoms with van der Waals surface area (Å²) in [4.78, 5) is 16.2. The molecule has 0 aromatic carbocycles. The maximum atomic E-state index is 11.9. The molecule has 0 N–H and O–H groups in total. The average Bonchev–Trinajstić information content (AvgIpc) is 3.29. The van der Waals surface area contributed by atoms with Crippen molar-refractivity contribution in [3.63, 3.8) is 0 Å². The lowest BCUT2D eigenvalue weighted by molar-refractivity contribution is 0.0488. The van der Waals surface area contributed by atoms with E-state index >= 15 is 0 Å². The second-order valence-corrected chi connectivity index (χ2v) is 6.79. The third-order valence-electron chi connectivity index (χ3n) is 3.43. The number of aromatic nitrogens is 4. The topological polar surface area (TPSA) is 91.0 Å². The average molecular weight is 358 g/mol. The van der Waals surface area contributed by atoms with E-state index in [2.05, 4.69) is 20.3 Å². The Morgan fingerprint density at radius 3 is 2.92 bits per heavy atom. The number of carbonyl (C=O) groups is 1. The molecule has 130 valence electrons. The van der Waals surface area contributed by atoms with Crippen LogP contribution in [0, 0.1) is 0 Å². The van der Waals surface area contributed by atoms with Crippen LogP contribution in [0.25, 0.3) is 10.7 Å². The molecule has 3 heterocycles. The van der Waals surface area contributed by atoms with E-state index < -0.39 is 5.97 Å². The first-order valence-corrected chi connectivity index (χ1v) is 8.82. The Bertz CT molecular complexity index is 829. The largest absolute Gasteiger partial charge is 0.461 e. The number of esters is 1. The summed E-state index contributed by atoms with van der Waals surface area (Å²) in [5, 5.41) is 13.7. The molecule has 0 spiro atoms. The lowest BCUT2D eigenvalue weighted by atomic mass is 10.1. The molecule has 3 rings (SSSR count). The van der Waals surface area contributed by atoms with Gasteiger partial charge < -0.3 is 9.26 Å². The predicted octanol–water partition coefficient (Wildman–Crippen LogP) is 3.50. The monoisotopic (exact) mass is 358 g/mol. The number of nitrogens with zero attached hydrogens (tertiary/aromatic N) is 4. The molecule has 0 bridgehead atoms. The molecule has 0 saturated carbocycles. The van der Waals surface area contributed by atoms with Gasteiger partial charge in [-0.25, -0.2) is 4.79 Å². The van der Waals surface area contributed by atoms with E-state index in [4.69, 9.17) is 9.26 Å². The molecule has 0 aliphatic carbocycles. The summed E-state index contributed by atoms with van der Waals surface area (Å²) < 4.78 is 10.3. The van der Waals surface area contributed by atoms with E-state index in [1.54, 1.807) is 12.3 Å². The smallest absolute Gasteiger partial charge is 0.360 e. The van der Waals surface area contributed by atoms with Gasteiger partial charge in [0.1, 0.15) is 16.5 Å². The summed E-state index contributed by atoms with van der Waals surface area (Å²) >= 11 is 1.50. The Morgan fingerprint density at radius 1 is 1.32 bits per heavy atom. The van der Waals surface area contributed by atoms with Crippen LogP contribution in [0.15, 0.2) is 35.0 Å². The van der Waals surface area contributed by atoms with Gasteiger partial charge in [-0.3, -0.25) is 4.98 Å². The Morgan fingerprint density at radius 2 is 2.20 bits per heavy atom. The Hall–Kier alpha value is -2.61. The fourth-order valence-electron chi connectivity index (χ4n) is 2.07. The molecule has 3 aromatic heterocycles. The standard InChI is InChI=1S/C17H18N4O3S/c1-11(2)14-10-13(21-24-14)17(22)23-9-5-7-15-19-20-16(25-15)12-6-3-4-8-18-12/h3-4,6,8,10-11H,5,7,9H2,1-2H3. The zero-order chi connectivity index (χ0) is 17.6. The number of pyridine rings is 1. The molecule has 7 nitrogen and oxygen atoms in total. The molecule has 0 atom stereocenters. The van der Waals surface area contributed by atoms with Crippen molar-refractivity contribution in [1.29, 1.82) is 0 Å². The molecule has 0 saturated heterocycles. The lowest BCUT2D eigenvalue weighted by Crippen LogP contribution is -2.07. The summed E-state index contributed by atoms with van der Waals surface area (Å²) in [6.07, 6.45) is 3.08. The van der Waals surface area contributed by atoms with Crippen LogP contribution >= 0.6 is 11.3 Å². The van der Waals surface area contributed by atoms with Crippen LogP contribution in [-0.4, -0.2) is 32.9 Å². The molecule has 0 aliphatic rings. The minimum Gasteiger partial charge on any atom is -0.461 e.